The molecule has 0 aliphatic rings. The number of benzene rings is 1. The number of carbonyl (C=O) groups excluding carboxylic acids is 2. The second-order valence-corrected chi connectivity index (χ2v) is 4.99. The first kappa shape index (κ1) is 16.3. The Bertz CT molecular complexity index is 548. The topological polar surface area (TPSA) is 55.4 Å². The number of methoxy groups -OCH3 is 1. The first-order chi connectivity index (χ1) is 9.36. The van der Waals surface area contributed by atoms with Crippen LogP contribution in [0.4, 0.5) is 8.78 Å². The molecule has 0 heterocycles. The molecule has 1 aromatic rings. The third-order valence-corrected chi connectivity index (χ3v) is 2.74. The normalized spacial score (nSPS) is 11.6. The fraction of sp³-hybridized carbons (Fsp3) is 0.231. The van der Waals surface area contributed by atoms with Gasteiger partial charge < -0.3 is 10.1 Å². The van der Waals surface area contributed by atoms with Gasteiger partial charge in [-0.15, -0.1) is 0 Å². The Kier molecular flexibility index (Phi) is 5.82. The average molecular weight is 348 g/mol. The molecule has 0 aliphatic carbocycles. The van der Waals surface area contributed by atoms with Gasteiger partial charge in [-0.3, -0.25) is 4.79 Å². The molecule has 0 spiro atoms. The number of rotatable bonds is 5. The first-order valence-electron chi connectivity index (χ1n) is 5.52. The summed E-state index contributed by atoms with van der Waals surface area (Å²) in [6.07, 6.45) is 0.0648. The molecule has 1 aromatic carbocycles. The number of esters is 1. The zero-order chi connectivity index (χ0) is 15.3. The summed E-state index contributed by atoms with van der Waals surface area (Å²) >= 11 is 3.06. The quantitative estimate of drug-likeness (QED) is 0.832. The van der Waals surface area contributed by atoms with Gasteiger partial charge in [-0.1, -0.05) is 28.6 Å². The lowest BCUT2D eigenvalue weighted by molar-refractivity contribution is -0.142. The van der Waals surface area contributed by atoms with Crippen LogP contribution in [0.15, 0.2) is 29.3 Å². The van der Waals surface area contributed by atoms with Gasteiger partial charge in [-0.05, 0) is 16.6 Å². The molecule has 1 rings (SSSR count). The van der Waals surface area contributed by atoms with Crippen LogP contribution in [0, 0.1) is 11.6 Å². The number of nitrogens with one attached hydrogen (secondary N) is 1. The van der Waals surface area contributed by atoms with Crippen molar-refractivity contribution < 1.29 is 23.1 Å². The Morgan fingerprint density at radius 2 is 2.10 bits per heavy atom. The lowest BCUT2D eigenvalue weighted by Gasteiger charge is -2.16. The first-order valence-corrected chi connectivity index (χ1v) is 6.32. The summed E-state index contributed by atoms with van der Waals surface area (Å²) in [6, 6.07) is 2.17. The fourth-order valence-electron chi connectivity index (χ4n) is 1.47. The summed E-state index contributed by atoms with van der Waals surface area (Å²) in [7, 11) is 1.15. The molecule has 20 heavy (non-hydrogen) atoms. The van der Waals surface area contributed by atoms with Gasteiger partial charge in [0, 0.05) is 6.42 Å². The van der Waals surface area contributed by atoms with E-state index in [-0.39, 0.29) is 6.42 Å². The van der Waals surface area contributed by atoms with E-state index in [1.165, 1.54) is 6.07 Å². The predicted molar refractivity (Wildman–Crippen MR) is 72.3 cm³/mol. The van der Waals surface area contributed by atoms with Crippen LogP contribution in [-0.2, 0) is 9.53 Å². The van der Waals surface area contributed by atoms with Crippen molar-refractivity contribution in [2.24, 2.45) is 0 Å². The van der Waals surface area contributed by atoms with Crippen LogP contribution in [0.25, 0.3) is 0 Å². The van der Waals surface area contributed by atoms with E-state index in [0.29, 0.717) is 4.48 Å². The van der Waals surface area contributed by atoms with Crippen molar-refractivity contribution in [1.82, 2.24) is 5.32 Å². The number of halogens is 3. The van der Waals surface area contributed by atoms with Gasteiger partial charge in [0.05, 0.1) is 12.7 Å². The highest BCUT2D eigenvalue weighted by Crippen LogP contribution is 2.14. The Hall–Kier alpha value is -1.76. The lowest BCUT2D eigenvalue weighted by atomic mass is 10.1. The molecule has 0 bridgehead atoms. The molecule has 1 N–H and O–H groups in total. The number of carbonyl (C=O) groups is 2. The maximum atomic E-state index is 13.5. The average Bonchev–Trinajstić information content (AvgIpc) is 2.39. The van der Waals surface area contributed by atoms with E-state index >= 15 is 0 Å². The molecule has 0 aliphatic heterocycles. The van der Waals surface area contributed by atoms with Gasteiger partial charge >= 0.3 is 5.97 Å². The second-order valence-electron chi connectivity index (χ2n) is 3.87. The zero-order valence-corrected chi connectivity index (χ0v) is 12.2. The molecule has 0 fully saturated rings. The van der Waals surface area contributed by atoms with E-state index in [9.17, 15) is 18.4 Å². The lowest BCUT2D eigenvalue weighted by Crippen LogP contribution is -2.41. The molecule has 0 saturated heterocycles. The SMILES string of the molecule is C=C(Br)C[C@H](NC(=O)c1cccc(F)c1F)C(=O)OC. The fourth-order valence-corrected chi connectivity index (χ4v) is 1.80. The summed E-state index contributed by atoms with van der Waals surface area (Å²) in [6.45, 7) is 3.55. The third kappa shape index (κ3) is 4.12. The third-order valence-electron chi connectivity index (χ3n) is 2.41. The van der Waals surface area contributed by atoms with Crippen LogP contribution in [0.5, 0.6) is 0 Å². The van der Waals surface area contributed by atoms with E-state index in [1.54, 1.807) is 0 Å². The van der Waals surface area contributed by atoms with Crippen LogP contribution in [-0.4, -0.2) is 25.0 Å². The smallest absolute Gasteiger partial charge is 0.328 e. The molecule has 0 aromatic heterocycles. The van der Waals surface area contributed by atoms with Gasteiger partial charge in [-0.25, -0.2) is 13.6 Å². The van der Waals surface area contributed by atoms with Crippen molar-refractivity contribution in [3.05, 3.63) is 46.5 Å². The van der Waals surface area contributed by atoms with Crippen LogP contribution >= 0.6 is 15.9 Å². The molecule has 0 unspecified atom stereocenters. The standard InChI is InChI=1S/C13H12BrF2NO3/c1-7(14)6-10(13(19)20-2)17-12(18)8-4-3-5-9(15)11(8)16/h3-5,10H,1,6H2,2H3,(H,17,18)/t10-/m0/s1. The molecule has 108 valence electrons. The second kappa shape index (κ2) is 7.14. The van der Waals surface area contributed by atoms with Crippen LogP contribution in [0.1, 0.15) is 16.8 Å². The highest BCUT2D eigenvalue weighted by atomic mass is 79.9. The Morgan fingerprint density at radius 1 is 1.45 bits per heavy atom. The number of amides is 1. The van der Waals surface area contributed by atoms with E-state index in [2.05, 4.69) is 32.6 Å². The van der Waals surface area contributed by atoms with Gasteiger partial charge in [0.25, 0.3) is 5.91 Å². The van der Waals surface area contributed by atoms with Gasteiger partial charge in [0.2, 0.25) is 0 Å². The largest absolute Gasteiger partial charge is 0.467 e. The van der Waals surface area contributed by atoms with Crippen LogP contribution in [0.2, 0.25) is 0 Å². The summed E-state index contributed by atoms with van der Waals surface area (Å²) in [4.78, 5) is 23.4. The molecule has 1 amide bonds. The molecule has 0 saturated carbocycles. The summed E-state index contributed by atoms with van der Waals surface area (Å²) in [5.74, 6) is -4.04. The van der Waals surface area contributed by atoms with Crippen molar-refractivity contribution in [3.8, 4) is 0 Å². The van der Waals surface area contributed by atoms with E-state index < -0.39 is 35.1 Å². The van der Waals surface area contributed by atoms with Crippen LogP contribution in [0.3, 0.4) is 0 Å². The highest BCUT2D eigenvalue weighted by molar-refractivity contribution is 9.11. The molecular weight excluding hydrogens is 336 g/mol. The minimum Gasteiger partial charge on any atom is -0.467 e. The Morgan fingerprint density at radius 3 is 2.65 bits per heavy atom. The summed E-state index contributed by atoms with van der Waals surface area (Å²) in [5, 5.41) is 2.27. The van der Waals surface area contributed by atoms with Crippen molar-refractivity contribution >= 4 is 27.8 Å². The van der Waals surface area contributed by atoms with Crippen molar-refractivity contribution in [1.29, 1.82) is 0 Å². The van der Waals surface area contributed by atoms with Gasteiger partial charge in [0.1, 0.15) is 6.04 Å². The minimum atomic E-state index is -1.27. The van der Waals surface area contributed by atoms with Crippen molar-refractivity contribution in [2.75, 3.05) is 7.11 Å². The van der Waals surface area contributed by atoms with Gasteiger partial charge in [0.15, 0.2) is 11.6 Å². The molecule has 4 nitrogen and oxygen atoms in total. The highest BCUT2D eigenvalue weighted by Gasteiger charge is 2.24. The monoisotopic (exact) mass is 347 g/mol. The molecule has 0 radical (unpaired) electrons. The maximum Gasteiger partial charge on any atom is 0.328 e. The molecular formula is C13H12BrF2NO3. The van der Waals surface area contributed by atoms with Crippen LogP contribution < -0.4 is 5.32 Å². The van der Waals surface area contributed by atoms with Crippen molar-refractivity contribution in [3.63, 3.8) is 0 Å². The maximum absolute atomic E-state index is 13.5. The van der Waals surface area contributed by atoms with Gasteiger partial charge in [-0.2, -0.15) is 0 Å². The molecule has 7 heteroatoms. The number of ether oxygens (including phenoxy) is 1. The van der Waals surface area contributed by atoms with E-state index in [4.69, 9.17) is 0 Å². The van der Waals surface area contributed by atoms with E-state index in [1.807, 2.05) is 0 Å². The Labute approximate surface area is 122 Å². The minimum absolute atomic E-state index is 0.0648. The number of hydrogen-bond acceptors (Lipinski definition) is 3. The number of hydrogen-bond donors (Lipinski definition) is 1. The summed E-state index contributed by atoms with van der Waals surface area (Å²) < 4.78 is 31.5. The van der Waals surface area contributed by atoms with Crippen molar-refractivity contribution in [2.45, 2.75) is 12.5 Å². The Balaban J connectivity index is 2.93. The molecule has 1 atom stereocenters. The van der Waals surface area contributed by atoms with E-state index in [0.717, 1.165) is 19.2 Å². The zero-order valence-electron chi connectivity index (χ0n) is 10.6. The predicted octanol–water partition coefficient (Wildman–Crippen LogP) is 2.53. The summed E-state index contributed by atoms with van der Waals surface area (Å²) in [5.41, 5.74) is -0.487.